The summed E-state index contributed by atoms with van der Waals surface area (Å²) in [5.41, 5.74) is -1.01. The Balaban J connectivity index is 1.37. The predicted octanol–water partition coefficient (Wildman–Crippen LogP) is 4.77. The maximum absolute atomic E-state index is 11.8. The molecule has 0 amide bonds. The van der Waals surface area contributed by atoms with Crippen LogP contribution in [0.4, 0.5) is 0 Å². The molecule has 5 aliphatic carbocycles. The molecule has 0 aliphatic heterocycles. The maximum Gasteiger partial charge on any atom is 0.0654 e. The van der Waals surface area contributed by atoms with Crippen molar-refractivity contribution >= 4 is 0 Å². The molecular formula is C29H50O4. The van der Waals surface area contributed by atoms with E-state index in [-0.39, 0.29) is 40.8 Å². The van der Waals surface area contributed by atoms with E-state index in [0.29, 0.717) is 17.8 Å². The number of hydrogen-bond acceptors (Lipinski definition) is 4. The van der Waals surface area contributed by atoms with Crippen LogP contribution in [0.3, 0.4) is 0 Å². The van der Waals surface area contributed by atoms with Crippen LogP contribution in [0.2, 0.25) is 0 Å². The average molecular weight is 463 g/mol. The number of rotatable bonds is 5. The van der Waals surface area contributed by atoms with Crippen LogP contribution in [-0.4, -0.2) is 44.3 Å². The Morgan fingerprint density at radius 2 is 1.67 bits per heavy atom. The van der Waals surface area contributed by atoms with Crippen LogP contribution in [0.15, 0.2) is 0 Å². The fraction of sp³-hybridized carbons (Fsp3) is 1.00. The molecule has 0 aromatic rings. The SMILES string of the molecule is C[C@H](CC[C@](C)(O)[C@H]1CC[C@H]2[C@@H]3[C@H](O)C[C@H]4C[C@H](O)CC[C@]4(C)[C@H]3C[C@@H](O)[C@@]21C)[C@@H]1C[C@H]1C. The quantitative estimate of drug-likeness (QED) is 0.474. The van der Waals surface area contributed by atoms with Gasteiger partial charge in [-0.05, 0) is 124 Å². The Kier molecular flexibility index (Phi) is 6.08. The largest absolute Gasteiger partial charge is 0.393 e. The molecule has 5 saturated carbocycles. The summed E-state index contributed by atoms with van der Waals surface area (Å²) in [7, 11) is 0. The zero-order valence-electron chi connectivity index (χ0n) is 21.7. The third-order valence-electron chi connectivity index (χ3n) is 12.5. The third kappa shape index (κ3) is 3.76. The van der Waals surface area contributed by atoms with Crippen LogP contribution in [0.5, 0.6) is 0 Å². The monoisotopic (exact) mass is 462 g/mol. The summed E-state index contributed by atoms with van der Waals surface area (Å²) in [6.07, 6.45) is 8.31. The van der Waals surface area contributed by atoms with Crippen molar-refractivity contribution in [3.05, 3.63) is 0 Å². The Hall–Kier alpha value is -0.160. The van der Waals surface area contributed by atoms with Crippen molar-refractivity contribution in [1.29, 1.82) is 0 Å². The molecular weight excluding hydrogens is 412 g/mol. The molecule has 0 aromatic heterocycles. The molecule has 4 nitrogen and oxygen atoms in total. The molecule has 5 aliphatic rings. The van der Waals surface area contributed by atoms with E-state index < -0.39 is 11.7 Å². The molecule has 0 bridgehead atoms. The molecule has 0 spiro atoms. The van der Waals surface area contributed by atoms with E-state index in [9.17, 15) is 20.4 Å². The Bertz CT molecular complexity index is 737. The second-order valence-corrected chi connectivity index (χ2v) is 14.2. The summed E-state index contributed by atoms with van der Waals surface area (Å²) >= 11 is 0. The first kappa shape index (κ1) is 24.5. The smallest absolute Gasteiger partial charge is 0.0654 e. The van der Waals surface area contributed by atoms with Gasteiger partial charge in [0.2, 0.25) is 0 Å². The van der Waals surface area contributed by atoms with Crippen LogP contribution in [0.1, 0.15) is 98.8 Å². The van der Waals surface area contributed by atoms with Crippen LogP contribution < -0.4 is 0 Å². The summed E-state index contributed by atoms with van der Waals surface area (Å²) in [5.74, 6) is 3.55. The van der Waals surface area contributed by atoms with Crippen molar-refractivity contribution in [2.45, 2.75) is 123 Å². The van der Waals surface area contributed by atoms with Crippen LogP contribution in [0, 0.1) is 58.2 Å². The zero-order chi connectivity index (χ0) is 23.9. The van der Waals surface area contributed by atoms with Gasteiger partial charge in [0, 0.05) is 5.41 Å². The standard InChI is InChI=1S/C29H50O4/c1-16(20-12-17(20)2)8-11-28(4,33)24-7-6-21-26-22(15-25(32)29(21,24)5)27(3)10-9-19(30)13-18(27)14-23(26)31/h16-26,30-33H,6-15H2,1-5H3/t16-,17-,18-,19-,20+,21+,22+,23-,24-,25-,26+,27+,28+,29+/m1/s1. The molecule has 4 N–H and O–H groups in total. The van der Waals surface area contributed by atoms with E-state index in [2.05, 4.69) is 27.7 Å². The van der Waals surface area contributed by atoms with E-state index in [0.717, 1.165) is 69.6 Å². The Morgan fingerprint density at radius 1 is 0.970 bits per heavy atom. The van der Waals surface area contributed by atoms with Gasteiger partial charge in [-0.2, -0.15) is 0 Å². The first-order valence-electron chi connectivity index (χ1n) is 14.2. The second-order valence-electron chi connectivity index (χ2n) is 14.2. The fourth-order valence-electron chi connectivity index (χ4n) is 10.2. The van der Waals surface area contributed by atoms with E-state index in [1.165, 1.54) is 6.42 Å². The summed E-state index contributed by atoms with van der Waals surface area (Å²) in [6.45, 7) is 11.3. The lowest BCUT2D eigenvalue weighted by Crippen LogP contribution is -2.63. The van der Waals surface area contributed by atoms with Crippen LogP contribution >= 0.6 is 0 Å². The van der Waals surface area contributed by atoms with Crippen molar-refractivity contribution < 1.29 is 20.4 Å². The number of aliphatic hydroxyl groups excluding tert-OH is 3. The van der Waals surface area contributed by atoms with Gasteiger partial charge < -0.3 is 20.4 Å². The molecule has 5 fully saturated rings. The molecule has 0 saturated heterocycles. The fourth-order valence-corrected chi connectivity index (χ4v) is 10.2. The lowest BCUT2D eigenvalue weighted by molar-refractivity contribution is -0.217. The normalized spacial score (nSPS) is 56.3. The average Bonchev–Trinajstić information content (AvgIpc) is 3.36. The second kappa shape index (κ2) is 8.18. The van der Waals surface area contributed by atoms with Gasteiger partial charge in [-0.3, -0.25) is 0 Å². The van der Waals surface area contributed by atoms with Gasteiger partial charge in [-0.25, -0.2) is 0 Å². The van der Waals surface area contributed by atoms with E-state index in [4.69, 9.17) is 0 Å². The van der Waals surface area contributed by atoms with E-state index >= 15 is 0 Å². The summed E-state index contributed by atoms with van der Waals surface area (Å²) in [4.78, 5) is 0. The molecule has 190 valence electrons. The lowest BCUT2D eigenvalue weighted by Gasteiger charge is -2.64. The highest BCUT2D eigenvalue weighted by Crippen LogP contribution is 2.68. The van der Waals surface area contributed by atoms with Gasteiger partial charge in [0.25, 0.3) is 0 Å². The Morgan fingerprint density at radius 3 is 2.33 bits per heavy atom. The van der Waals surface area contributed by atoms with Crippen LogP contribution in [-0.2, 0) is 0 Å². The van der Waals surface area contributed by atoms with Gasteiger partial charge >= 0.3 is 0 Å². The van der Waals surface area contributed by atoms with Crippen molar-refractivity contribution in [1.82, 2.24) is 0 Å². The summed E-state index contributed by atoms with van der Waals surface area (Å²) in [5, 5.41) is 45.2. The minimum atomic E-state index is -0.773. The van der Waals surface area contributed by atoms with E-state index in [1.807, 2.05) is 6.92 Å². The van der Waals surface area contributed by atoms with Gasteiger partial charge in [-0.15, -0.1) is 0 Å². The number of hydrogen-bond donors (Lipinski definition) is 4. The van der Waals surface area contributed by atoms with Gasteiger partial charge in [0.1, 0.15) is 0 Å². The van der Waals surface area contributed by atoms with Gasteiger partial charge in [0.05, 0.1) is 23.9 Å². The van der Waals surface area contributed by atoms with E-state index in [1.54, 1.807) is 0 Å². The highest BCUT2D eigenvalue weighted by atomic mass is 16.3. The molecule has 33 heavy (non-hydrogen) atoms. The third-order valence-corrected chi connectivity index (χ3v) is 12.5. The highest BCUT2D eigenvalue weighted by Gasteiger charge is 2.67. The molecule has 14 atom stereocenters. The highest BCUT2D eigenvalue weighted by molar-refractivity contribution is 5.16. The van der Waals surface area contributed by atoms with Crippen molar-refractivity contribution in [2.24, 2.45) is 58.2 Å². The van der Waals surface area contributed by atoms with Crippen molar-refractivity contribution in [3.8, 4) is 0 Å². The molecule has 0 radical (unpaired) electrons. The lowest BCUT2D eigenvalue weighted by atomic mass is 9.43. The first-order valence-corrected chi connectivity index (χ1v) is 14.2. The number of aliphatic hydroxyl groups is 4. The van der Waals surface area contributed by atoms with Gasteiger partial charge in [0.15, 0.2) is 0 Å². The minimum Gasteiger partial charge on any atom is -0.393 e. The molecule has 0 unspecified atom stereocenters. The maximum atomic E-state index is 11.8. The predicted molar refractivity (Wildman–Crippen MR) is 130 cm³/mol. The molecule has 0 heterocycles. The topological polar surface area (TPSA) is 80.9 Å². The minimum absolute atomic E-state index is 0.0840. The molecule has 4 heteroatoms. The van der Waals surface area contributed by atoms with Crippen molar-refractivity contribution in [2.75, 3.05) is 0 Å². The Labute approximate surface area is 201 Å². The molecule has 0 aromatic carbocycles. The first-order chi connectivity index (χ1) is 15.4. The van der Waals surface area contributed by atoms with Crippen molar-refractivity contribution in [3.63, 3.8) is 0 Å². The number of fused-ring (bicyclic) bond motifs is 5. The zero-order valence-corrected chi connectivity index (χ0v) is 21.7. The van der Waals surface area contributed by atoms with Gasteiger partial charge in [-0.1, -0.05) is 27.7 Å². The summed E-state index contributed by atoms with van der Waals surface area (Å²) < 4.78 is 0. The summed E-state index contributed by atoms with van der Waals surface area (Å²) in [6, 6.07) is 0. The van der Waals surface area contributed by atoms with Crippen LogP contribution in [0.25, 0.3) is 0 Å². The molecule has 5 rings (SSSR count).